The Balaban J connectivity index is 2.45. The van der Waals surface area contributed by atoms with E-state index in [1.54, 1.807) is 0 Å². The third kappa shape index (κ3) is 4.44. The van der Waals surface area contributed by atoms with E-state index in [-0.39, 0.29) is 18.6 Å². The van der Waals surface area contributed by atoms with E-state index in [0.29, 0.717) is 12.3 Å². The van der Waals surface area contributed by atoms with E-state index in [1.807, 2.05) is 39.0 Å². The number of rotatable bonds is 5. The summed E-state index contributed by atoms with van der Waals surface area (Å²) in [6.07, 6.45) is 0. The highest BCUT2D eigenvalue weighted by Gasteiger charge is 2.06. The summed E-state index contributed by atoms with van der Waals surface area (Å²) >= 11 is 0. The summed E-state index contributed by atoms with van der Waals surface area (Å²) in [5.41, 5.74) is 7.77. The van der Waals surface area contributed by atoms with Gasteiger partial charge in [-0.25, -0.2) is 0 Å². The van der Waals surface area contributed by atoms with Crippen LogP contribution in [0, 0.1) is 13.8 Å². The highest BCUT2D eigenvalue weighted by Crippen LogP contribution is 2.16. The van der Waals surface area contributed by atoms with Crippen molar-refractivity contribution in [3.8, 4) is 5.75 Å². The lowest BCUT2D eigenvalue weighted by molar-refractivity contribution is -0.123. The maximum atomic E-state index is 11.4. The van der Waals surface area contributed by atoms with E-state index in [2.05, 4.69) is 5.32 Å². The molecule has 0 aliphatic rings. The molecule has 1 aromatic carbocycles. The van der Waals surface area contributed by atoms with Crippen LogP contribution in [0.5, 0.6) is 5.75 Å². The predicted molar refractivity (Wildman–Crippen MR) is 68.1 cm³/mol. The number of hydrogen-bond acceptors (Lipinski definition) is 3. The Labute approximate surface area is 102 Å². The van der Waals surface area contributed by atoms with Crippen LogP contribution in [0.3, 0.4) is 0 Å². The van der Waals surface area contributed by atoms with Gasteiger partial charge in [0.25, 0.3) is 5.91 Å². The molecule has 0 bridgehead atoms. The number of ether oxygens (including phenoxy) is 1. The second-order valence-corrected chi connectivity index (χ2v) is 4.24. The Bertz CT molecular complexity index is 391. The zero-order chi connectivity index (χ0) is 12.8. The van der Waals surface area contributed by atoms with Gasteiger partial charge in [-0.3, -0.25) is 4.79 Å². The second-order valence-electron chi connectivity index (χ2n) is 4.24. The highest BCUT2D eigenvalue weighted by molar-refractivity contribution is 5.77. The molecule has 0 spiro atoms. The fourth-order valence-corrected chi connectivity index (χ4v) is 1.33. The number of carbonyl (C=O) groups is 1. The van der Waals surface area contributed by atoms with Crippen molar-refractivity contribution >= 4 is 5.91 Å². The molecule has 1 aromatic rings. The summed E-state index contributed by atoms with van der Waals surface area (Å²) in [5, 5.41) is 2.74. The Kier molecular flexibility index (Phi) is 4.97. The van der Waals surface area contributed by atoms with Crippen LogP contribution in [-0.2, 0) is 4.79 Å². The molecule has 17 heavy (non-hydrogen) atoms. The number of nitrogens with one attached hydrogen (secondary N) is 1. The first-order chi connectivity index (χ1) is 8.02. The number of nitrogens with two attached hydrogens (primary N) is 1. The molecule has 1 amide bonds. The zero-order valence-electron chi connectivity index (χ0n) is 10.6. The van der Waals surface area contributed by atoms with Gasteiger partial charge in [-0.15, -0.1) is 0 Å². The predicted octanol–water partition coefficient (Wildman–Crippen LogP) is 1.15. The fourth-order valence-electron chi connectivity index (χ4n) is 1.33. The molecule has 0 saturated carbocycles. The van der Waals surface area contributed by atoms with Crippen LogP contribution in [0.1, 0.15) is 18.1 Å². The normalized spacial score (nSPS) is 12.0. The fraction of sp³-hybridized carbons (Fsp3) is 0.462. The summed E-state index contributed by atoms with van der Waals surface area (Å²) in [5.74, 6) is 0.560. The number of carbonyl (C=O) groups excluding carboxylic acids is 1. The topological polar surface area (TPSA) is 64.3 Å². The van der Waals surface area contributed by atoms with Crippen molar-refractivity contribution in [2.24, 2.45) is 5.73 Å². The van der Waals surface area contributed by atoms with Crippen LogP contribution in [-0.4, -0.2) is 25.1 Å². The first-order valence-corrected chi connectivity index (χ1v) is 5.72. The standard InChI is InChI=1S/C13H20N2O2/c1-9-4-5-12(6-10(9)2)17-8-13(16)15-11(3)7-14/h4-6,11H,7-8,14H2,1-3H3,(H,15,16). The highest BCUT2D eigenvalue weighted by atomic mass is 16.5. The van der Waals surface area contributed by atoms with E-state index < -0.39 is 0 Å². The molecule has 0 aliphatic carbocycles. The van der Waals surface area contributed by atoms with Gasteiger partial charge in [0.05, 0.1) is 0 Å². The van der Waals surface area contributed by atoms with E-state index in [1.165, 1.54) is 5.56 Å². The van der Waals surface area contributed by atoms with Gasteiger partial charge >= 0.3 is 0 Å². The molecule has 0 aliphatic heterocycles. The average Bonchev–Trinajstić information content (AvgIpc) is 2.30. The van der Waals surface area contributed by atoms with Gasteiger partial charge in [-0.2, -0.15) is 0 Å². The van der Waals surface area contributed by atoms with Crippen molar-refractivity contribution in [2.45, 2.75) is 26.8 Å². The van der Waals surface area contributed by atoms with E-state index >= 15 is 0 Å². The van der Waals surface area contributed by atoms with E-state index in [4.69, 9.17) is 10.5 Å². The maximum Gasteiger partial charge on any atom is 0.258 e. The number of benzene rings is 1. The molecule has 1 atom stereocenters. The molecular formula is C13H20N2O2. The lowest BCUT2D eigenvalue weighted by Crippen LogP contribution is -2.40. The molecule has 1 unspecified atom stereocenters. The largest absolute Gasteiger partial charge is 0.484 e. The molecule has 0 radical (unpaired) electrons. The van der Waals surface area contributed by atoms with Crippen LogP contribution in [0.15, 0.2) is 18.2 Å². The Morgan fingerprint density at radius 3 is 2.71 bits per heavy atom. The van der Waals surface area contributed by atoms with Crippen molar-refractivity contribution in [2.75, 3.05) is 13.2 Å². The summed E-state index contributed by atoms with van der Waals surface area (Å²) in [7, 11) is 0. The van der Waals surface area contributed by atoms with Gasteiger partial charge < -0.3 is 15.8 Å². The lowest BCUT2D eigenvalue weighted by atomic mass is 10.1. The van der Waals surface area contributed by atoms with Crippen molar-refractivity contribution in [1.82, 2.24) is 5.32 Å². The van der Waals surface area contributed by atoms with Gasteiger partial charge in [0, 0.05) is 12.6 Å². The SMILES string of the molecule is Cc1ccc(OCC(=O)NC(C)CN)cc1C. The second kappa shape index (κ2) is 6.25. The van der Waals surface area contributed by atoms with Crippen LogP contribution >= 0.6 is 0 Å². The summed E-state index contributed by atoms with van der Waals surface area (Å²) in [6.45, 7) is 6.35. The van der Waals surface area contributed by atoms with Gasteiger partial charge in [0.15, 0.2) is 6.61 Å². The van der Waals surface area contributed by atoms with Crippen molar-refractivity contribution < 1.29 is 9.53 Å². The number of aryl methyl sites for hydroxylation is 2. The zero-order valence-corrected chi connectivity index (χ0v) is 10.6. The summed E-state index contributed by atoms with van der Waals surface area (Å²) in [4.78, 5) is 11.4. The Hall–Kier alpha value is -1.55. The van der Waals surface area contributed by atoms with E-state index in [0.717, 1.165) is 5.56 Å². The first-order valence-electron chi connectivity index (χ1n) is 5.72. The van der Waals surface area contributed by atoms with Crippen molar-refractivity contribution in [3.05, 3.63) is 29.3 Å². The summed E-state index contributed by atoms with van der Waals surface area (Å²) in [6, 6.07) is 5.74. The van der Waals surface area contributed by atoms with Crippen LogP contribution < -0.4 is 15.8 Å². The van der Waals surface area contributed by atoms with Gasteiger partial charge in [0.2, 0.25) is 0 Å². The average molecular weight is 236 g/mol. The smallest absolute Gasteiger partial charge is 0.258 e. The molecule has 0 saturated heterocycles. The number of amides is 1. The van der Waals surface area contributed by atoms with Crippen LogP contribution in [0.25, 0.3) is 0 Å². The molecular weight excluding hydrogens is 216 g/mol. The Morgan fingerprint density at radius 2 is 2.12 bits per heavy atom. The van der Waals surface area contributed by atoms with Gasteiger partial charge in [-0.05, 0) is 44.0 Å². The van der Waals surface area contributed by atoms with Crippen molar-refractivity contribution in [1.29, 1.82) is 0 Å². The lowest BCUT2D eigenvalue weighted by Gasteiger charge is -2.12. The molecule has 94 valence electrons. The molecule has 1 rings (SSSR count). The van der Waals surface area contributed by atoms with Crippen molar-refractivity contribution in [3.63, 3.8) is 0 Å². The molecule has 0 heterocycles. The molecule has 0 aromatic heterocycles. The van der Waals surface area contributed by atoms with Gasteiger partial charge in [-0.1, -0.05) is 6.07 Å². The minimum Gasteiger partial charge on any atom is -0.484 e. The molecule has 3 N–H and O–H groups in total. The molecule has 4 nitrogen and oxygen atoms in total. The Morgan fingerprint density at radius 1 is 1.41 bits per heavy atom. The third-order valence-corrected chi connectivity index (χ3v) is 2.61. The molecule has 4 heteroatoms. The maximum absolute atomic E-state index is 11.4. The number of hydrogen-bond donors (Lipinski definition) is 2. The monoisotopic (exact) mass is 236 g/mol. The minimum absolute atomic E-state index is 0.0207. The molecule has 0 fully saturated rings. The van der Waals surface area contributed by atoms with Crippen LogP contribution in [0.4, 0.5) is 0 Å². The first kappa shape index (κ1) is 13.5. The van der Waals surface area contributed by atoms with Gasteiger partial charge in [0.1, 0.15) is 5.75 Å². The summed E-state index contributed by atoms with van der Waals surface area (Å²) < 4.78 is 5.40. The quantitative estimate of drug-likeness (QED) is 0.806. The van der Waals surface area contributed by atoms with Crippen LogP contribution in [0.2, 0.25) is 0 Å². The minimum atomic E-state index is -0.152. The third-order valence-electron chi connectivity index (χ3n) is 2.61. The van der Waals surface area contributed by atoms with E-state index in [9.17, 15) is 4.79 Å².